The fraction of sp³-hybridized carbons (Fsp3) is 0.130. The van der Waals surface area contributed by atoms with Crippen LogP contribution in [0.15, 0.2) is 77.8 Å². The molecule has 0 saturated carbocycles. The zero-order chi connectivity index (χ0) is 20.5. The van der Waals surface area contributed by atoms with Crippen LogP contribution in [-0.4, -0.2) is 24.5 Å². The zero-order valence-electron chi connectivity index (χ0n) is 16.0. The smallest absolute Gasteiger partial charge is 0.404 e. The summed E-state index contributed by atoms with van der Waals surface area (Å²) in [5.74, 6) is 1.39. The van der Waals surface area contributed by atoms with Crippen LogP contribution >= 0.6 is 0 Å². The normalized spacial score (nSPS) is 10.7. The van der Waals surface area contributed by atoms with Crippen molar-refractivity contribution in [3.63, 3.8) is 0 Å². The molecule has 0 spiro atoms. The zero-order valence-corrected chi connectivity index (χ0v) is 16.0. The number of carboxylic acid groups (broad SMARTS) is 1. The van der Waals surface area contributed by atoms with E-state index in [1.165, 1.54) is 0 Å². The summed E-state index contributed by atoms with van der Waals surface area (Å²) >= 11 is 0. The summed E-state index contributed by atoms with van der Waals surface area (Å²) in [6, 6.07) is 22.9. The van der Waals surface area contributed by atoms with Crippen LogP contribution in [0.4, 0.5) is 10.5 Å². The SMILES string of the molecule is COc1ccc(C=Nc2ccc(CNC(=O)O)cc2)c(OCc2ccccc2)c1. The van der Waals surface area contributed by atoms with Crippen LogP contribution in [0, 0.1) is 0 Å². The van der Waals surface area contributed by atoms with Gasteiger partial charge in [-0.3, -0.25) is 4.99 Å². The maximum Gasteiger partial charge on any atom is 0.404 e. The quantitative estimate of drug-likeness (QED) is 0.542. The van der Waals surface area contributed by atoms with E-state index in [9.17, 15) is 4.79 Å². The number of hydrogen-bond acceptors (Lipinski definition) is 4. The number of rotatable bonds is 8. The Morgan fingerprint density at radius 1 is 1.03 bits per heavy atom. The minimum Gasteiger partial charge on any atom is -0.497 e. The molecule has 1 amide bonds. The molecule has 6 heteroatoms. The molecule has 0 heterocycles. The highest BCUT2D eigenvalue weighted by Gasteiger charge is 2.05. The van der Waals surface area contributed by atoms with E-state index in [1.807, 2.05) is 72.8 Å². The molecule has 0 unspecified atom stereocenters. The second-order valence-corrected chi connectivity index (χ2v) is 6.26. The van der Waals surface area contributed by atoms with Gasteiger partial charge in [0.1, 0.15) is 18.1 Å². The van der Waals surface area contributed by atoms with Gasteiger partial charge in [0.05, 0.1) is 12.8 Å². The van der Waals surface area contributed by atoms with E-state index in [4.69, 9.17) is 14.6 Å². The van der Waals surface area contributed by atoms with Gasteiger partial charge in [-0.2, -0.15) is 0 Å². The molecule has 0 aromatic heterocycles. The average molecular weight is 390 g/mol. The van der Waals surface area contributed by atoms with Crippen LogP contribution < -0.4 is 14.8 Å². The Hall–Kier alpha value is -3.80. The molecule has 0 atom stereocenters. The third-order valence-corrected chi connectivity index (χ3v) is 4.19. The first-order valence-corrected chi connectivity index (χ1v) is 9.08. The van der Waals surface area contributed by atoms with Gasteiger partial charge in [-0.15, -0.1) is 0 Å². The largest absolute Gasteiger partial charge is 0.497 e. The summed E-state index contributed by atoms with van der Waals surface area (Å²) in [4.78, 5) is 15.1. The van der Waals surface area contributed by atoms with Gasteiger partial charge in [0.2, 0.25) is 0 Å². The third kappa shape index (κ3) is 6.10. The molecule has 3 aromatic carbocycles. The number of nitrogens with zero attached hydrogens (tertiary/aromatic N) is 1. The van der Waals surface area contributed by atoms with E-state index in [0.29, 0.717) is 18.1 Å². The van der Waals surface area contributed by atoms with Gasteiger partial charge in [-0.05, 0) is 35.4 Å². The van der Waals surface area contributed by atoms with Crippen molar-refractivity contribution in [1.82, 2.24) is 5.32 Å². The summed E-state index contributed by atoms with van der Waals surface area (Å²) in [5, 5.41) is 11.0. The highest BCUT2D eigenvalue weighted by atomic mass is 16.5. The minimum atomic E-state index is -1.05. The molecule has 0 fully saturated rings. The Balaban J connectivity index is 1.72. The molecule has 148 valence electrons. The molecule has 0 saturated heterocycles. The van der Waals surface area contributed by atoms with E-state index in [-0.39, 0.29) is 6.54 Å². The van der Waals surface area contributed by atoms with Crippen LogP contribution in [0.5, 0.6) is 11.5 Å². The standard InChI is InChI=1S/C23H22N2O4/c1-28-21-12-9-19(22(13-21)29-16-18-5-3-2-4-6-18)15-24-20-10-7-17(8-11-20)14-25-23(26)27/h2-13,15,25H,14,16H2,1H3,(H,26,27). The predicted molar refractivity (Wildman–Crippen MR) is 112 cm³/mol. The molecular weight excluding hydrogens is 368 g/mol. The van der Waals surface area contributed by atoms with E-state index in [0.717, 1.165) is 22.4 Å². The number of nitrogens with one attached hydrogen (secondary N) is 1. The maximum atomic E-state index is 10.6. The topological polar surface area (TPSA) is 80.2 Å². The number of amides is 1. The monoisotopic (exact) mass is 390 g/mol. The Bertz CT molecular complexity index is 970. The fourth-order valence-electron chi connectivity index (χ4n) is 2.63. The van der Waals surface area contributed by atoms with Gasteiger partial charge in [-0.25, -0.2) is 4.79 Å². The third-order valence-electron chi connectivity index (χ3n) is 4.19. The van der Waals surface area contributed by atoms with E-state index in [1.54, 1.807) is 13.3 Å². The molecule has 3 rings (SSSR count). The highest BCUT2D eigenvalue weighted by Crippen LogP contribution is 2.25. The van der Waals surface area contributed by atoms with E-state index in [2.05, 4.69) is 10.3 Å². The predicted octanol–water partition coefficient (Wildman–Crippen LogP) is 4.79. The van der Waals surface area contributed by atoms with Gasteiger partial charge >= 0.3 is 6.09 Å². The number of aliphatic imine (C=N–C) groups is 1. The first-order chi connectivity index (χ1) is 14.1. The average Bonchev–Trinajstić information content (AvgIpc) is 2.76. The lowest BCUT2D eigenvalue weighted by atomic mass is 10.2. The first kappa shape index (κ1) is 19.9. The molecule has 0 bridgehead atoms. The molecule has 0 aliphatic carbocycles. The number of benzene rings is 3. The molecule has 0 aliphatic rings. The van der Waals surface area contributed by atoms with Crippen LogP contribution in [-0.2, 0) is 13.2 Å². The van der Waals surface area contributed by atoms with Gasteiger partial charge < -0.3 is 19.9 Å². The van der Waals surface area contributed by atoms with Crippen molar-refractivity contribution in [1.29, 1.82) is 0 Å². The summed E-state index contributed by atoms with van der Waals surface area (Å²) in [6.07, 6.45) is 0.694. The van der Waals surface area contributed by atoms with Gasteiger partial charge in [0.15, 0.2) is 0 Å². The second-order valence-electron chi connectivity index (χ2n) is 6.26. The number of methoxy groups -OCH3 is 1. The molecule has 0 radical (unpaired) electrons. The summed E-state index contributed by atoms with van der Waals surface area (Å²) < 4.78 is 11.3. The lowest BCUT2D eigenvalue weighted by Gasteiger charge is -2.11. The highest BCUT2D eigenvalue weighted by molar-refractivity contribution is 5.85. The summed E-state index contributed by atoms with van der Waals surface area (Å²) in [7, 11) is 1.62. The summed E-state index contributed by atoms with van der Waals surface area (Å²) in [6.45, 7) is 0.704. The van der Waals surface area contributed by atoms with Gasteiger partial charge in [0, 0.05) is 24.4 Å². The van der Waals surface area contributed by atoms with E-state index < -0.39 is 6.09 Å². The Morgan fingerprint density at radius 3 is 2.48 bits per heavy atom. The second kappa shape index (κ2) is 9.94. The van der Waals surface area contributed by atoms with Crippen molar-refractivity contribution in [3.8, 4) is 11.5 Å². The van der Waals surface area contributed by atoms with Gasteiger partial charge in [0.25, 0.3) is 0 Å². The van der Waals surface area contributed by atoms with Crippen LogP contribution in [0.3, 0.4) is 0 Å². The minimum absolute atomic E-state index is 0.259. The molecular formula is C23H22N2O4. The number of ether oxygens (including phenoxy) is 2. The molecule has 6 nitrogen and oxygen atoms in total. The molecule has 29 heavy (non-hydrogen) atoms. The van der Waals surface area contributed by atoms with Crippen LogP contribution in [0.25, 0.3) is 0 Å². The number of carbonyl (C=O) groups is 1. The Morgan fingerprint density at radius 2 is 1.79 bits per heavy atom. The Labute approximate surface area is 169 Å². The van der Waals surface area contributed by atoms with Crippen molar-refractivity contribution >= 4 is 18.0 Å². The first-order valence-electron chi connectivity index (χ1n) is 9.08. The van der Waals surface area contributed by atoms with Crippen molar-refractivity contribution < 1.29 is 19.4 Å². The summed E-state index contributed by atoms with van der Waals surface area (Å²) in [5.41, 5.74) is 3.53. The fourth-order valence-corrected chi connectivity index (χ4v) is 2.63. The number of hydrogen-bond donors (Lipinski definition) is 2. The van der Waals surface area contributed by atoms with Gasteiger partial charge in [-0.1, -0.05) is 42.5 Å². The van der Waals surface area contributed by atoms with Crippen molar-refractivity contribution in [2.45, 2.75) is 13.2 Å². The van der Waals surface area contributed by atoms with E-state index >= 15 is 0 Å². The lowest BCUT2D eigenvalue weighted by Crippen LogP contribution is -2.19. The molecule has 2 N–H and O–H groups in total. The molecule has 0 aliphatic heterocycles. The van der Waals surface area contributed by atoms with Crippen LogP contribution in [0.2, 0.25) is 0 Å². The lowest BCUT2D eigenvalue weighted by molar-refractivity contribution is 0.194. The Kier molecular flexibility index (Phi) is 6.84. The van der Waals surface area contributed by atoms with Crippen LogP contribution in [0.1, 0.15) is 16.7 Å². The van der Waals surface area contributed by atoms with Crippen molar-refractivity contribution in [3.05, 3.63) is 89.5 Å². The van der Waals surface area contributed by atoms with Crippen molar-refractivity contribution in [2.75, 3.05) is 7.11 Å². The van der Waals surface area contributed by atoms with Crippen molar-refractivity contribution in [2.24, 2.45) is 4.99 Å². The maximum absolute atomic E-state index is 10.6. The molecule has 3 aromatic rings.